The quantitative estimate of drug-likeness (QED) is 0.823. The van der Waals surface area contributed by atoms with Gasteiger partial charge in [-0.3, -0.25) is 14.5 Å². The minimum Gasteiger partial charge on any atom is -0.333 e. The Hall–Kier alpha value is -2.16. The minimum absolute atomic E-state index is 0.0612. The van der Waals surface area contributed by atoms with Gasteiger partial charge in [0.1, 0.15) is 0 Å². The molecule has 2 rings (SSSR count). The third kappa shape index (κ3) is 4.65. The SMILES string of the molecule is Cc1cc(C)n2c(SCC(=O)NC(=O)NC(C)(C)C)nnc2n1. The fraction of sp³-hybridized carbons (Fsp3) is 0.500. The summed E-state index contributed by atoms with van der Waals surface area (Å²) < 4.78 is 1.78. The molecule has 0 unspecified atom stereocenters. The third-order valence-corrected chi connectivity index (χ3v) is 3.67. The highest BCUT2D eigenvalue weighted by Crippen LogP contribution is 2.18. The molecule has 0 spiro atoms. The molecule has 124 valence electrons. The van der Waals surface area contributed by atoms with Gasteiger partial charge in [-0.25, -0.2) is 9.78 Å². The zero-order chi connectivity index (χ0) is 17.2. The van der Waals surface area contributed by atoms with Gasteiger partial charge in [-0.2, -0.15) is 0 Å². The molecule has 0 aromatic carbocycles. The minimum atomic E-state index is -0.511. The molecule has 23 heavy (non-hydrogen) atoms. The number of hydrogen-bond acceptors (Lipinski definition) is 6. The van der Waals surface area contributed by atoms with Crippen molar-refractivity contribution in [3.8, 4) is 0 Å². The number of fused-ring (bicyclic) bond motifs is 1. The summed E-state index contributed by atoms with van der Waals surface area (Å²) in [5, 5.41) is 13.6. The number of carbonyl (C=O) groups is 2. The van der Waals surface area contributed by atoms with E-state index in [9.17, 15) is 9.59 Å². The third-order valence-electron chi connectivity index (χ3n) is 2.74. The Bertz CT molecular complexity index is 750. The maximum absolute atomic E-state index is 11.8. The van der Waals surface area contributed by atoms with Crippen LogP contribution < -0.4 is 10.6 Å². The largest absolute Gasteiger partial charge is 0.333 e. The zero-order valence-electron chi connectivity index (χ0n) is 13.8. The van der Waals surface area contributed by atoms with Crippen molar-refractivity contribution in [2.75, 3.05) is 5.75 Å². The van der Waals surface area contributed by atoms with Crippen LogP contribution >= 0.6 is 11.8 Å². The molecule has 2 aromatic rings. The Labute approximate surface area is 138 Å². The first-order valence-corrected chi connectivity index (χ1v) is 8.08. The summed E-state index contributed by atoms with van der Waals surface area (Å²) in [6.45, 7) is 9.32. The summed E-state index contributed by atoms with van der Waals surface area (Å²) in [5.74, 6) is 0.160. The lowest BCUT2D eigenvalue weighted by molar-refractivity contribution is -0.117. The maximum Gasteiger partial charge on any atom is 0.321 e. The molecular formula is C14H20N6O2S. The average molecular weight is 336 g/mol. The summed E-state index contributed by atoms with van der Waals surface area (Å²) in [7, 11) is 0. The highest BCUT2D eigenvalue weighted by atomic mass is 32.2. The van der Waals surface area contributed by atoms with Gasteiger partial charge in [0, 0.05) is 16.9 Å². The fourth-order valence-electron chi connectivity index (χ4n) is 1.96. The van der Waals surface area contributed by atoms with Crippen LogP contribution in [-0.4, -0.2) is 42.8 Å². The van der Waals surface area contributed by atoms with E-state index in [1.54, 1.807) is 4.40 Å². The Morgan fingerprint density at radius 3 is 2.61 bits per heavy atom. The normalized spacial score (nSPS) is 11.5. The van der Waals surface area contributed by atoms with Gasteiger partial charge in [-0.05, 0) is 40.7 Å². The van der Waals surface area contributed by atoms with Crippen molar-refractivity contribution in [3.05, 3.63) is 17.5 Å². The van der Waals surface area contributed by atoms with Gasteiger partial charge in [-0.15, -0.1) is 10.2 Å². The zero-order valence-corrected chi connectivity index (χ0v) is 14.6. The van der Waals surface area contributed by atoms with E-state index in [0.29, 0.717) is 10.9 Å². The number of aromatic nitrogens is 4. The van der Waals surface area contributed by atoms with Crippen LogP contribution in [0.4, 0.5) is 4.79 Å². The molecule has 2 N–H and O–H groups in total. The van der Waals surface area contributed by atoms with E-state index in [4.69, 9.17) is 0 Å². The Morgan fingerprint density at radius 2 is 1.96 bits per heavy atom. The second kappa shape index (κ2) is 6.53. The molecule has 3 amide bonds. The van der Waals surface area contributed by atoms with E-state index in [2.05, 4.69) is 25.8 Å². The standard InChI is InChI=1S/C14H20N6O2S/c1-8-6-9(2)20-11(15-8)18-19-13(20)23-7-10(21)16-12(22)17-14(3,4)5/h6H,7H2,1-5H3,(H2,16,17,21,22). The monoisotopic (exact) mass is 336 g/mol. The first-order chi connectivity index (χ1) is 10.7. The van der Waals surface area contributed by atoms with E-state index < -0.39 is 17.5 Å². The number of amides is 3. The van der Waals surface area contributed by atoms with Crippen molar-refractivity contribution >= 4 is 29.5 Å². The molecule has 0 bridgehead atoms. The molecule has 0 aliphatic carbocycles. The van der Waals surface area contributed by atoms with Crippen LogP contribution in [-0.2, 0) is 4.79 Å². The van der Waals surface area contributed by atoms with Crippen LogP contribution in [0.25, 0.3) is 5.78 Å². The molecular weight excluding hydrogens is 316 g/mol. The van der Waals surface area contributed by atoms with Crippen LogP contribution in [0.5, 0.6) is 0 Å². The second-order valence-corrected chi connectivity index (χ2v) is 7.14. The lowest BCUT2D eigenvalue weighted by Gasteiger charge is -2.20. The predicted molar refractivity (Wildman–Crippen MR) is 87.4 cm³/mol. The van der Waals surface area contributed by atoms with Gasteiger partial charge in [0.25, 0.3) is 5.78 Å². The van der Waals surface area contributed by atoms with Gasteiger partial charge in [0.2, 0.25) is 5.91 Å². The van der Waals surface area contributed by atoms with Crippen molar-refractivity contribution in [2.24, 2.45) is 0 Å². The number of thioether (sulfide) groups is 1. The number of urea groups is 1. The molecule has 0 radical (unpaired) electrons. The molecule has 0 aliphatic rings. The number of carbonyl (C=O) groups excluding carboxylic acids is 2. The lowest BCUT2D eigenvalue weighted by atomic mass is 10.1. The van der Waals surface area contributed by atoms with Gasteiger partial charge in [-0.1, -0.05) is 11.8 Å². The van der Waals surface area contributed by atoms with Crippen LogP contribution in [0.3, 0.4) is 0 Å². The van der Waals surface area contributed by atoms with Gasteiger partial charge in [0.05, 0.1) is 5.75 Å². The van der Waals surface area contributed by atoms with Crippen molar-refractivity contribution < 1.29 is 9.59 Å². The maximum atomic E-state index is 11.8. The van der Waals surface area contributed by atoms with E-state index in [0.717, 1.165) is 11.4 Å². The van der Waals surface area contributed by atoms with Crippen molar-refractivity contribution in [3.63, 3.8) is 0 Å². The van der Waals surface area contributed by atoms with E-state index >= 15 is 0 Å². The van der Waals surface area contributed by atoms with Crippen LogP contribution in [0.15, 0.2) is 11.2 Å². The molecule has 0 atom stereocenters. The van der Waals surface area contributed by atoms with Crippen molar-refractivity contribution in [1.82, 2.24) is 30.2 Å². The summed E-state index contributed by atoms with van der Waals surface area (Å²) in [4.78, 5) is 27.8. The number of aryl methyl sites for hydroxylation is 2. The van der Waals surface area contributed by atoms with Gasteiger partial charge >= 0.3 is 6.03 Å². The molecule has 2 aromatic heterocycles. The summed E-state index contributed by atoms with van der Waals surface area (Å²) in [5.41, 5.74) is 1.39. The van der Waals surface area contributed by atoms with Crippen LogP contribution in [0.1, 0.15) is 32.2 Å². The predicted octanol–water partition coefficient (Wildman–Crippen LogP) is 1.46. The average Bonchev–Trinajstić information content (AvgIpc) is 2.76. The Balaban J connectivity index is 1.99. The molecule has 0 saturated carbocycles. The molecule has 9 heteroatoms. The summed E-state index contributed by atoms with van der Waals surface area (Å²) in [6, 6.07) is 1.40. The van der Waals surface area contributed by atoms with Crippen molar-refractivity contribution in [1.29, 1.82) is 0 Å². The smallest absolute Gasteiger partial charge is 0.321 e. The number of nitrogens with one attached hydrogen (secondary N) is 2. The molecule has 0 aliphatic heterocycles. The van der Waals surface area contributed by atoms with Crippen LogP contribution in [0.2, 0.25) is 0 Å². The summed E-state index contributed by atoms with van der Waals surface area (Å²) in [6.07, 6.45) is 0. The molecule has 0 fully saturated rings. The van der Waals surface area contributed by atoms with E-state index in [1.165, 1.54) is 11.8 Å². The van der Waals surface area contributed by atoms with Gasteiger partial charge < -0.3 is 5.32 Å². The first kappa shape index (κ1) is 17.2. The number of hydrogen-bond donors (Lipinski definition) is 2. The lowest BCUT2D eigenvalue weighted by Crippen LogP contribution is -2.48. The topological polar surface area (TPSA) is 101 Å². The van der Waals surface area contributed by atoms with E-state index in [1.807, 2.05) is 40.7 Å². The highest BCUT2D eigenvalue weighted by Gasteiger charge is 2.17. The summed E-state index contributed by atoms with van der Waals surface area (Å²) >= 11 is 1.20. The molecule has 0 saturated heterocycles. The second-order valence-electron chi connectivity index (χ2n) is 6.20. The fourth-order valence-corrected chi connectivity index (χ4v) is 2.74. The Morgan fingerprint density at radius 1 is 1.26 bits per heavy atom. The van der Waals surface area contributed by atoms with Crippen molar-refractivity contribution in [2.45, 2.75) is 45.3 Å². The number of rotatable bonds is 3. The number of imide groups is 1. The molecule has 8 nitrogen and oxygen atoms in total. The first-order valence-electron chi connectivity index (χ1n) is 7.10. The molecule has 2 heterocycles. The number of nitrogens with zero attached hydrogens (tertiary/aromatic N) is 4. The van der Waals surface area contributed by atoms with E-state index in [-0.39, 0.29) is 5.75 Å². The van der Waals surface area contributed by atoms with Gasteiger partial charge in [0.15, 0.2) is 5.16 Å². The van der Waals surface area contributed by atoms with Crippen LogP contribution in [0, 0.1) is 13.8 Å². The Kier molecular flexibility index (Phi) is 4.88. The highest BCUT2D eigenvalue weighted by molar-refractivity contribution is 7.99.